The van der Waals surface area contributed by atoms with E-state index >= 15 is 0 Å². The summed E-state index contributed by atoms with van der Waals surface area (Å²) in [5, 5.41) is 3.07. The fourth-order valence-electron chi connectivity index (χ4n) is 3.20. The van der Waals surface area contributed by atoms with Crippen LogP contribution in [0.2, 0.25) is 0 Å². The first-order valence-electron chi connectivity index (χ1n) is 8.04. The lowest BCUT2D eigenvalue weighted by Crippen LogP contribution is -2.29. The van der Waals surface area contributed by atoms with E-state index in [-0.39, 0.29) is 5.91 Å². The summed E-state index contributed by atoms with van der Waals surface area (Å²) < 4.78 is 5.37. The molecule has 0 saturated carbocycles. The van der Waals surface area contributed by atoms with Crippen molar-refractivity contribution in [3.8, 4) is 0 Å². The van der Waals surface area contributed by atoms with Crippen LogP contribution in [-0.4, -0.2) is 38.8 Å². The first-order chi connectivity index (χ1) is 10.3. The van der Waals surface area contributed by atoms with Crippen molar-refractivity contribution in [2.75, 3.05) is 37.7 Å². The molecule has 1 unspecified atom stereocenters. The zero-order valence-electron chi connectivity index (χ0n) is 12.5. The summed E-state index contributed by atoms with van der Waals surface area (Å²) in [7, 11) is 0. The van der Waals surface area contributed by atoms with Gasteiger partial charge in [0.15, 0.2) is 0 Å². The Morgan fingerprint density at radius 2 is 2.10 bits per heavy atom. The van der Waals surface area contributed by atoms with Gasteiger partial charge in [-0.1, -0.05) is 12.1 Å². The Bertz CT molecular complexity index is 477. The van der Waals surface area contributed by atoms with Gasteiger partial charge in [0, 0.05) is 38.5 Å². The van der Waals surface area contributed by atoms with Gasteiger partial charge >= 0.3 is 0 Å². The number of hydrogen-bond donors (Lipinski definition) is 1. The highest BCUT2D eigenvalue weighted by atomic mass is 16.5. The molecular weight excluding hydrogens is 264 g/mol. The van der Waals surface area contributed by atoms with Gasteiger partial charge < -0.3 is 15.0 Å². The molecule has 1 aromatic carbocycles. The van der Waals surface area contributed by atoms with Crippen LogP contribution in [0.4, 0.5) is 5.69 Å². The van der Waals surface area contributed by atoms with Crippen molar-refractivity contribution < 1.29 is 9.53 Å². The third-order valence-electron chi connectivity index (χ3n) is 4.46. The minimum Gasteiger partial charge on any atom is -0.381 e. The number of hydrogen-bond acceptors (Lipinski definition) is 3. The van der Waals surface area contributed by atoms with Gasteiger partial charge in [-0.15, -0.1) is 0 Å². The molecule has 2 aliphatic rings. The topological polar surface area (TPSA) is 41.6 Å². The SMILES string of the molecule is O=C(NCCC1CCOC1)c1ccccc1N1CCCC1. The molecule has 1 amide bonds. The second-order valence-electron chi connectivity index (χ2n) is 5.99. The Morgan fingerprint density at radius 3 is 2.86 bits per heavy atom. The van der Waals surface area contributed by atoms with E-state index in [1.807, 2.05) is 18.2 Å². The molecular formula is C17H24N2O2. The van der Waals surface area contributed by atoms with Crippen LogP contribution in [-0.2, 0) is 4.74 Å². The van der Waals surface area contributed by atoms with E-state index in [0.717, 1.165) is 56.9 Å². The predicted octanol–water partition coefficient (Wildman–Crippen LogP) is 2.44. The second-order valence-corrected chi connectivity index (χ2v) is 5.99. The minimum absolute atomic E-state index is 0.0522. The molecule has 0 bridgehead atoms. The molecule has 2 aliphatic heterocycles. The van der Waals surface area contributed by atoms with Crippen molar-refractivity contribution in [2.45, 2.75) is 25.7 Å². The van der Waals surface area contributed by atoms with E-state index < -0.39 is 0 Å². The zero-order valence-corrected chi connectivity index (χ0v) is 12.5. The highest BCUT2D eigenvalue weighted by Crippen LogP contribution is 2.24. The summed E-state index contributed by atoms with van der Waals surface area (Å²) >= 11 is 0. The summed E-state index contributed by atoms with van der Waals surface area (Å²) in [5.41, 5.74) is 1.89. The monoisotopic (exact) mass is 288 g/mol. The van der Waals surface area contributed by atoms with E-state index in [9.17, 15) is 4.79 Å². The molecule has 1 atom stereocenters. The van der Waals surface area contributed by atoms with Gasteiger partial charge in [-0.3, -0.25) is 4.79 Å². The fraction of sp³-hybridized carbons (Fsp3) is 0.588. The van der Waals surface area contributed by atoms with E-state index in [0.29, 0.717) is 5.92 Å². The third-order valence-corrected chi connectivity index (χ3v) is 4.46. The van der Waals surface area contributed by atoms with Gasteiger partial charge in [-0.05, 0) is 43.7 Å². The number of rotatable bonds is 5. The van der Waals surface area contributed by atoms with E-state index in [1.165, 1.54) is 12.8 Å². The molecule has 3 rings (SSSR count). The van der Waals surface area contributed by atoms with Crippen LogP contribution in [0.15, 0.2) is 24.3 Å². The van der Waals surface area contributed by atoms with Gasteiger partial charge in [0.25, 0.3) is 5.91 Å². The van der Waals surface area contributed by atoms with Crippen LogP contribution >= 0.6 is 0 Å². The Balaban J connectivity index is 1.58. The van der Waals surface area contributed by atoms with Gasteiger partial charge in [0.2, 0.25) is 0 Å². The molecule has 0 spiro atoms. The van der Waals surface area contributed by atoms with Crippen LogP contribution in [0.1, 0.15) is 36.0 Å². The van der Waals surface area contributed by atoms with Crippen molar-refractivity contribution in [2.24, 2.45) is 5.92 Å². The van der Waals surface area contributed by atoms with E-state index in [2.05, 4.69) is 16.3 Å². The van der Waals surface area contributed by atoms with Crippen LogP contribution < -0.4 is 10.2 Å². The molecule has 1 N–H and O–H groups in total. The fourth-order valence-corrected chi connectivity index (χ4v) is 3.20. The van der Waals surface area contributed by atoms with Crippen molar-refractivity contribution in [3.63, 3.8) is 0 Å². The number of ether oxygens (including phenoxy) is 1. The van der Waals surface area contributed by atoms with Gasteiger partial charge in [-0.2, -0.15) is 0 Å². The molecule has 114 valence electrons. The quantitative estimate of drug-likeness (QED) is 0.905. The zero-order chi connectivity index (χ0) is 14.5. The van der Waals surface area contributed by atoms with Crippen molar-refractivity contribution >= 4 is 11.6 Å². The van der Waals surface area contributed by atoms with Gasteiger partial charge in [0.1, 0.15) is 0 Å². The molecule has 2 heterocycles. The van der Waals surface area contributed by atoms with Gasteiger partial charge in [-0.25, -0.2) is 0 Å². The number of nitrogens with one attached hydrogen (secondary N) is 1. The molecule has 0 aliphatic carbocycles. The molecule has 4 heteroatoms. The minimum atomic E-state index is 0.0522. The number of anilines is 1. The highest BCUT2D eigenvalue weighted by Gasteiger charge is 2.19. The molecule has 4 nitrogen and oxygen atoms in total. The summed E-state index contributed by atoms with van der Waals surface area (Å²) in [6.45, 7) is 4.57. The predicted molar refractivity (Wildman–Crippen MR) is 83.8 cm³/mol. The lowest BCUT2D eigenvalue weighted by molar-refractivity contribution is 0.0951. The standard InChI is InChI=1S/C17H24N2O2/c20-17(18-9-7-14-8-12-21-13-14)15-5-1-2-6-16(15)19-10-3-4-11-19/h1-2,5-6,14H,3-4,7-13H2,(H,18,20). The maximum Gasteiger partial charge on any atom is 0.253 e. The summed E-state index contributed by atoms with van der Waals surface area (Å²) in [6, 6.07) is 7.95. The van der Waals surface area contributed by atoms with Crippen LogP contribution in [0.3, 0.4) is 0 Å². The Hall–Kier alpha value is -1.55. The normalized spacial score (nSPS) is 21.7. The molecule has 2 fully saturated rings. The van der Waals surface area contributed by atoms with Crippen molar-refractivity contribution in [1.29, 1.82) is 0 Å². The lowest BCUT2D eigenvalue weighted by Gasteiger charge is -2.21. The number of carbonyl (C=O) groups excluding carboxylic acids is 1. The Kier molecular flexibility index (Phi) is 4.76. The van der Waals surface area contributed by atoms with Crippen molar-refractivity contribution in [1.82, 2.24) is 5.32 Å². The summed E-state index contributed by atoms with van der Waals surface area (Å²) in [6.07, 6.45) is 4.58. The highest BCUT2D eigenvalue weighted by molar-refractivity contribution is 5.99. The van der Waals surface area contributed by atoms with Crippen molar-refractivity contribution in [3.05, 3.63) is 29.8 Å². The number of benzene rings is 1. The summed E-state index contributed by atoms with van der Waals surface area (Å²) in [5.74, 6) is 0.663. The van der Waals surface area contributed by atoms with E-state index in [1.54, 1.807) is 0 Å². The van der Waals surface area contributed by atoms with Gasteiger partial charge in [0.05, 0.1) is 5.56 Å². The third kappa shape index (κ3) is 3.56. The maximum absolute atomic E-state index is 12.4. The molecule has 1 aromatic rings. The number of amides is 1. The lowest BCUT2D eigenvalue weighted by atomic mass is 10.1. The maximum atomic E-state index is 12.4. The molecule has 0 aromatic heterocycles. The number of carbonyl (C=O) groups is 1. The Morgan fingerprint density at radius 1 is 1.29 bits per heavy atom. The first-order valence-corrected chi connectivity index (χ1v) is 8.04. The summed E-state index contributed by atoms with van der Waals surface area (Å²) in [4.78, 5) is 14.7. The molecule has 2 saturated heterocycles. The second kappa shape index (κ2) is 6.94. The molecule has 0 radical (unpaired) electrons. The van der Waals surface area contributed by atoms with Crippen LogP contribution in [0.5, 0.6) is 0 Å². The average molecular weight is 288 g/mol. The van der Waals surface area contributed by atoms with Crippen LogP contribution in [0.25, 0.3) is 0 Å². The largest absolute Gasteiger partial charge is 0.381 e. The van der Waals surface area contributed by atoms with E-state index in [4.69, 9.17) is 4.74 Å². The average Bonchev–Trinajstić information content (AvgIpc) is 3.20. The van der Waals surface area contributed by atoms with Crippen LogP contribution in [0, 0.1) is 5.92 Å². The number of para-hydroxylation sites is 1. The molecule has 21 heavy (non-hydrogen) atoms. The first kappa shape index (κ1) is 14.4. The Labute approximate surface area is 126 Å². The number of nitrogens with zero attached hydrogens (tertiary/aromatic N) is 1. The smallest absolute Gasteiger partial charge is 0.253 e.